The van der Waals surface area contributed by atoms with Crippen LogP contribution in [-0.2, 0) is 11.3 Å². The molecule has 1 aromatic heterocycles. The molecule has 14 heavy (non-hydrogen) atoms. The average Bonchev–Trinajstić information content (AvgIpc) is 2.46. The second-order valence-electron chi connectivity index (χ2n) is 2.78. The number of hydrogen-bond donors (Lipinski definition) is 2. The lowest BCUT2D eigenvalue weighted by Crippen LogP contribution is -2.28. The van der Waals surface area contributed by atoms with Crippen LogP contribution in [0.5, 0.6) is 0 Å². The van der Waals surface area contributed by atoms with E-state index in [0.29, 0.717) is 5.69 Å². The first-order valence-corrected chi connectivity index (χ1v) is 4.06. The highest BCUT2D eigenvalue weighted by atomic mass is 16.2. The Labute approximate surface area is 81.3 Å². The molecule has 0 unspecified atom stereocenters. The summed E-state index contributed by atoms with van der Waals surface area (Å²) < 4.78 is 1.49. The Morgan fingerprint density at radius 2 is 2.57 bits per heavy atom. The van der Waals surface area contributed by atoms with E-state index in [0.717, 1.165) is 5.69 Å². The molecule has 6 heteroatoms. The Bertz CT molecular complexity index is 376. The molecule has 0 aliphatic heterocycles. The van der Waals surface area contributed by atoms with Crippen LogP contribution in [0.4, 0.5) is 5.69 Å². The molecule has 1 aromatic rings. The summed E-state index contributed by atoms with van der Waals surface area (Å²) in [6.45, 7) is 1.87. The topological polar surface area (TPSA) is 96.7 Å². The van der Waals surface area contributed by atoms with Gasteiger partial charge in [0.05, 0.1) is 23.6 Å². The molecule has 1 amide bonds. The summed E-state index contributed by atoms with van der Waals surface area (Å²) in [4.78, 5) is 11.2. The summed E-state index contributed by atoms with van der Waals surface area (Å²) in [6, 6.07) is 1.82. The fourth-order valence-electron chi connectivity index (χ4n) is 0.950. The van der Waals surface area contributed by atoms with Gasteiger partial charge in [0.1, 0.15) is 13.1 Å². The van der Waals surface area contributed by atoms with Crippen molar-refractivity contribution in [3.63, 3.8) is 0 Å². The van der Waals surface area contributed by atoms with Gasteiger partial charge in [-0.1, -0.05) is 0 Å². The number of carbonyl (C=O) groups is 1. The summed E-state index contributed by atoms with van der Waals surface area (Å²) in [7, 11) is 0. The number of amides is 1. The number of nitrogens with two attached hydrogens (primary N) is 1. The number of nitrogens with one attached hydrogen (secondary N) is 1. The average molecular weight is 193 g/mol. The zero-order valence-electron chi connectivity index (χ0n) is 7.82. The Kier molecular flexibility index (Phi) is 3.07. The summed E-state index contributed by atoms with van der Waals surface area (Å²) in [5.74, 6) is -0.252. The maximum atomic E-state index is 11.2. The largest absolute Gasteiger partial charge is 0.396 e. The fourth-order valence-corrected chi connectivity index (χ4v) is 0.950. The van der Waals surface area contributed by atoms with Crippen molar-refractivity contribution >= 4 is 11.6 Å². The Morgan fingerprint density at radius 3 is 3.07 bits per heavy atom. The van der Waals surface area contributed by atoms with E-state index in [-0.39, 0.29) is 19.0 Å². The van der Waals surface area contributed by atoms with E-state index in [2.05, 4.69) is 10.4 Å². The number of carbonyl (C=O) groups excluding carboxylic acids is 1. The number of nitrogens with zero attached hydrogens (tertiary/aromatic N) is 3. The minimum atomic E-state index is -0.252. The summed E-state index contributed by atoms with van der Waals surface area (Å²) >= 11 is 0. The van der Waals surface area contributed by atoms with Gasteiger partial charge in [0, 0.05) is 0 Å². The van der Waals surface area contributed by atoms with Crippen molar-refractivity contribution < 1.29 is 4.79 Å². The first-order chi connectivity index (χ1) is 6.65. The van der Waals surface area contributed by atoms with Gasteiger partial charge in [0.25, 0.3) is 0 Å². The minimum absolute atomic E-state index is 0.00856. The quantitative estimate of drug-likeness (QED) is 0.627. The van der Waals surface area contributed by atoms with Crippen LogP contribution in [0.15, 0.2) is 6.20 Å². The first kappa shape index (κ1) is 10.1. The number of anilines is 1. The van der Waals surface area contributed by atoms with Crippen LogP contribution in [0.25, 0.3) is 0 Å². The van der Waals surface area contributed by atoms with Crippen molar-refractivity contribution in [2.24, 2.45) is 0 Å². The molecule has 0 radical (unpaired) electrons. The molecule has 3 N–H and O–H groups in total. The van der Waals surface area contributed by atoms with E-state index in [1.807, 2.05) is 6.07 Å². The Morgan fingerprint density at radius 1 is 1.86 bits per heavy atom. The Balaban J connectivity index is 2.57. The van der Waals surface area contributed by atoms with Gasteiger partial charge >= 0.3 is 0 Å². The van der Waals surface area contributed by atoms with E-state index in [1.165, 1.54) is 10.9 Å². The predicted octanol–water partition coefficient (Wildman–Crippen LogP) is -0.586. The van der Waals surface area contributed by atoms with E-state index in [9.17, 15) is 4.79 Å². The van der Waals surface area contributed by atoms with Crippen molar-refractivity contribution in [3.8, 4) is 6.07 Å². The third kappa shape index (κ3) is 2.23. The van der Waals surface area contributed by atoms with Crippen molar-refractivity contribution in [1.29, 1.82) is 5.26 Å². The molecule has 1 rings (SSSR count). The zero-order valence-corrected chi connectivity index (χ0v) is 7.82. The molecular formula is C8H11N5O. The maximum Gasteiger partial charge on any atom is 0.242 e. The monoisotopic (exact) mass is 193 g/mol. The molecule has 0 aliphatic carbocycles. The van der Waals surface area contributed by atoms with Crippen LogP contribution in [-0.4, -0.2) is 22.2 Å². The number of aromatic nitrogens is 2. The van der Waals surface area contributed by atoms with Crippen LogP contribution in [0.3, 0.4) is 0 Å². The molecule has 0 aromatic carbocycles. The molecule has 0 saturated heterocycles. The van der Waals surface area contributed by atoms with E-state index < -0.39 is 0 Å². The molecule has 0 atom stereocenters. The molecule has 0 spiro atoms. The van der Waals surface area contributed by atoms with E-state index >= 15 is 0 Å². The SMILES string of the molecule is Cc1c(N)cnn1CC(=O)NCC#N. The third-order valence-corrected chi connectivity index (χ3v) is 1.80. The molecular weight excluding hydrogens is 182 g/mol. The van der Waals surface area contributed by atoms with Crippen molar-refractivity contribution in [2.75, 3.05) is 12.3 Å². The lowest BCUT2D eigenvalue weighted by atomic mass is 10.4. The van der Waals surface area contributed by atoms with E-state index in [1.54, 1.807) is 6.92 Å². The zero-order chi connectivity index (χ0) is 10.6. The maximum absolute atomic E-state index is 11.2. The number of nitrogen functional groups attached to an aromatic ring is 1. The minimum Gasteiger partial charge on any atom is -0.396 e. The summed E-state index contributed by atoms with van der Waals surface area (Å²) in [5, 5.41) is 14.6. The van der Waals surface area contributed by atoms with E-state index in [4.69, 9.17) is 11.0 Å². The molecule has 0 aliphatic rings. The molecule has 0 saturated carbocycles. The van der Waals surface area contributed by atoms with Gasteiger partial charge < -0.3 is 11.1 Å². The van der Waals surface area contributed by atoms with Crippen LogP contribution in [0.1, 0.15) is 5.69 Å². The second kappa shape index (κ2) is 4.28. The standard InChI is InChI=1S/C8H11N5O/c1-6-7(10)4-12-13(6)5-8(14)11-3-2-9/h4H,3,5,10H2,1H3,(H,11,14). The van der Waals surface area contributed by atoms with Crippen LogP contribution >= 0.6 is 0 Å². The molecule has 0 fully saturated rings. The van der Waals surface area contributed by atoms with Crippen molar-refractivity contribution in [2.45, 2.75) is 13.5 Å². The second-order valence-corrected chi connectivity index (χ2v) is 2.78. The van der Waals surface area contributed by atoms with Gasteiger partial charge in [0.15, 0.2) is 0 Å². The van der Waals surface area contributed by atoms with Gasteiger partial charge in [-0.3, -0.25) is 9.48 Å². The smallest absolute Gasteiger partial charge is 0.242 e. The van der Waals surface area contributed by atoms with Crippen LogP contribution < -0.4 is 11.1 Å². The highest BCUT2D eigenvalue weighted by Gasteiger charge is 2.06. The van der Waals surface area contributed by atoms with Gasteiger partial charge in [0.2, 0.25) is 5.91 Å². The molecule has 74 valence electrons. The Hall–Kier alpha value is -2.03. The number of rotatable bonds is 3. The van der Waals surface area contributed by atoms with Gasteiger partial charge in [-0.25, -0.2) is 0 Å². The number of hydrogen-bond acceptors (Lipinski definition) is 4. The molecule has 6 nitrogen and oxygen atoms in total. The molecule has 1 heterocycles. The fraction of sp³-hybridized carbons (Fsp3) is 0.375. The first-order valence-electron chi connectivity index (χ1n) is 4.06. The lowest BCUT2D eigenvalue weighted by molar-refractivity contribution is -0.121. The number of nitriles is 1. The summed E-state index contributed by atoms with van der Waals surface area (Å²) in [6.07, 6.45) is 1.49. The van der Waals surface area contributed by atoms with Crippen molar-refractivity contribution in [1.82, 2.24) is 15.1 Å². The predicted molar refractivity (Wildman–Crippen MR) is 50.0 cm³/mol. The van der Waals surface area contributed by atoms with Crippen LogP contribution in [0.2, 0.25) is 0 Å². The highest BCUT2D eigenvalue weighted by Crippen LogP contribution is 2.07. The normalized spacial score (nSPS) is 9.43. The third-order valence-electron chi connectivity index (χ3n) is 1.80. The van der Waals surface area contributed by atoms with Gasteiger partial charge in [-0.2, -0.15) is 10.4 Å². The van der Waals surface area contributed by atoms with Gasteiger partial charge in [-0.15, -0.1) is 0 Å². The summed E-state index contributed by atoms with van der Waals surface area (Å²) in [5.41, 5.74) is 6.85. The van der Waals surface area contributed by atoms with Crippen molar-refractivity contribution in [3.05, 3.63) is 11.9 Å². The van der Waals surface area contributed by atoms with Crippen LogP contribution in [0, 0.1) is 18.3 Å². The molecule has 0 bridgehead atoms. The lowest BCUT2D eigenvalue weighted by Gasteiger charge is -2.03. The van der Waals surface area contributed by atoms with Gasteiger partial charge in [-0.05, 0) is 6.92 Å². The highest BCUT2D eigenvalue weighted by molar-refractivity contribution is 5.76.